The van der Waals surface area contributed by atoms with Gasteiger partial charge in [-0.2, -0.15) is 0 Å². The fraction of sp³-hybridized carbons (Fsp3) is 0.375. The number of halogens is 1. The van der Waals surface area contributed by atoms with Crippen molar-refractivity contribution in [3.05, 3.63) is 56.1 Å². The van der Waals surface area contributed by atoms with E-state index in [1.54, 1.807) is 29.3 Å². The highest BCUT2D eigenvalue weighted by Gasteiger charge is 2.45. The van der Waals surface area contributed by atoms with Gasteiger partial charge in [-0.25, -0.2) is 14.2 Å². The normalized spacial score (nSPS) is 22.7. The molecule has 0 bridgehead atoms. The number of aromatic nitrogens is 2. The molecule has 33 heavy (non-hydrogen) atoms. The number of hydrogen-bond acceptors (Lipinski definition) is 7. The highest BCUT2D eigenvalue weighted by Crippen LogP contribution is 2.48. The van der Waals surface area contributed by atoms with Gasteiger partial charge in [-0.05, 0) is 24.5 Å². The van der Waals surface area contributed by atoms with E-state index < -0.39 is 11.6 Å². The molecule has 0 spiro atoms. The molecular weight excluding hydrogens is 445 g/mol. The molecule has 9 heteroatoms. The quantitative estimate of drug-likeness (QED) is 0.437. The standard InChI is InChI=1S/C24H22FN3O4S/c1-3-10-14(25)6-16-19-18(15(26)9-33-21(10)19)11-7-28-17(20(11)27-16)5-13-12(22(28)29)8-32-23(30)24(13,31)4-2/h5-6,15,31H,3-4,7-9,26H2,1-2H3/t15-,24+/m1/s1. The van der Waals surface area contributed by atoms with Crippen LogP contribution >= 0.6 is 11.8 Å². The molecule has 0 amide bonds. The van der Waals surface area contributed by atoms with Crippen molar-refractivity contribution in [1.82, 2.24) is 9.55 Å². The second-order valence-corrected chi connectivity index (χ2v) is 9.82. The Morgan fingerprint density at radius 3 is 2.85 bits per heavy atom. The van der Waals surface area contributed by atoms with Crippen molar-refractivity contribution in [3.8, 4) is 11.4 Å². The number of carbonyl (C=O) groups excluding carboxylic acids is 1. The van der Waals surface area contributed by atoms with E-state index in [0.717, 1.165) is 21.4 Å². The molecule has 0 saturated carbocycles. The highest BCUT2D eigenvalue weighted by molar-refractivity contribution is 7.99. The third kappa shape index (κ3) is 2.55. The second kappa shape index (κ2) is 6.88. The summed E-state index contributed by atoms with van der Waals surface area (Å²) in [5.74, 6) is -0.459. The monoisotopic (exact) mass is 467 g/mol. The first-order valence-corrected chi connectivity index (χ1v) is 12.0. The molecule has 2 aromatic heterocycles. The van der Waals surface area contributed by atoms with Crippen LogP contribution in [0.4, 0.5) is 4.39 Å². The lowest BCUT2D eigenvalue weighted by atomic mass is 9.86. The Morgan fingerprint density at radius 1 is 1.33 bits per heavy atom. The van der Waals surface area contributed by atoms with Crippen molar-refractivity contribution < 1.29 is 19.0 Å². The van der Waals surface area contributed by atoms with Crippen LogP contribution in [0.3, 0.4) is 0 Å². The van der Waals surface area contributed by atoms with E-state index in [9.17, 15) is 19.1 Å². The van der Waals surface area contributed by atoms with Gasteiger partial charge in [0.25, 0.3) is 5.56 Å². The lowest BCUT2D eigenvalue weighted by molar-refractivity contribution is -0.172. The minimum absolute atomic E-state index is 0.0709. The SMILES string of the molecule is CCc1c(F)cc2nc3c(c4c2c1SC[C@H]4N)Cn1c-3cc2c(c1=O)COC(=O)[C@]2(O)CC. The van der Waals surface area contributed by atoms with Crippen LogP contribution in [0.25, 0.3) is 22.3 Å². The summed E-state index contributed by atoms with van der Waals surface area (Å²) in [5, 5.41) is 11.9. The van der Waals surface area contributed by atoms with E-state index >= 15 is 0 Å². The van der Waals surface area contributed by atoms with Crippen molar-refractivity contribution in [2.75, 3.05) is 5.75 Å². The van der Waals surface area contributed by atoms with Crippen LogP contribution in [-0.2, 0) is 34.7 Å². The highest BCUT2D eigenvalue weighted by atomic mass is 32.2. The molecule has 1 aromatic carbocycles. The summed E-state index contributed by atoms with van der Waals surface area (Å²) in [6.45, 7) is 3.69. The molecule has 0 fully saturated rings. The molecule has 6 rings (SSSR count). The Balaban J connectivity index is 1.69. The number of thioether (sulfide) groups is 1. The third-order valence-corrected chi connectivity index (χ3v) is 8.42. The number of carbonyl (C=O) groups is 1. The second-order valence-electron chi connectivity index (χ2n) is 8.79. The van der Waals surface area contributed by atoms with Gasteiger partial charge in [0, 0.05) is 44.8 Å². The zero-order chi connectivity index (χ0) is 23.2. The van der Waals surface area contributed by atoms with Gasteiger partial charge in [0.05, 0.1) is 29.0 Å². The molecule has 0 saturated heterocycles. The van der Waals surface area contributed by atoms with E-state index in [1.165, 1.54) is 6.07 Å². The molecule has 3 aromatic rings. The zero-order valence-corrected chi connectivity index (χ0v) is 19.0. The van der Waals surface area contributed by atoms with E-state index in [4.69, 9.17) is 15.5 Å². The summed E-state index contributed by atoms with van der Waals surface area (Å²) in [6.07, 6.45) is 0.632. The summed E-state index contributed by atoms with van der Waals surface area (Å²) in [4.78, 5) is 31.5. The van der Waals surface area contributed by atoms with Gasteiger partial charge in [-0.1, -0.05) is 13.8 Å². The molecule has 0 unspecified atom stereocenters. The van der Waals surface area contributed by atoms with Crippen molar-refractivity contribution in [3.63, 3.8) is 0 Å². The lowest BCUT2D eigenvalue weighted by Gasteiger charge is -2.31. The number of esters is 1. The summed E-state index contributed by atoms with van der Waals surface area (Å²) in [5.41, 5.74) is 8.82. The molecule has 0 aliphatic carbocycles. The van der Waals surface area contributed by atoms with Gasteiger partial charge in [0.15, 0.2) is 5.60 Å². The smallest absolute Gasteiger partial charge is 0.343 e. The molecule has 3 aliphatic heterocycles. The van der Waals surface area contributed by atoms with Gasteiger partial charge in [0.2, 0.25) is 0 Å². The molecule has 0 radical (unpaired) electrons. The molecule has 2 atom stereocenters. The lowest BCUT2D eigenvalue weighted by Crippen LogP contribution is -2.44. The van der Waals surface area contributed by atoms with Crippen LogP contribution in [0.15, 0.2) is 21.8 Å². The maximum atomic E-state index is 14.9. The number of rotatable bonds is 2. The van der Waals surface area contributed by atoms with E-state index in [0.29, 0.717) is 34.6 Å². The van der Waals surface area contributed by atoms with Gasteiger partial charge < -0.3 is 20.1 Å². The molecule has 170 valence electrons. The van der Waals surface area contributed by atoms with Crippen LogP contribution in [0.2, 0.25) is 0 Å². The minimum atomic E-state index is -1.89. The van der Waals surface area contributed by atoms with Crippen LogP contribution in [0, 0.1) is 5.82 Å². The van der Waals surface area contributed by atoms with Crippen molar-refractivity contribution in [1.29, 1.82) is 0 Å². The average molecular weight is 468 g/mol. The largest absolute Gasteiger partial charge is 0.458 e. The Morgan fingerprint density at radius 2 is 2.12 bits per heavy atom. The number of cyclic esters (lactones) is 1. The van der Waals surface area contributed by atoms with Crippen LogP contribution in [-0.4, -0.2) is 26.4 Å². The van der Waals surface area contributed by atoms with Crippen LogP contribution in [0.5, 0.6) is 0 Å². The predicted octanol–water partition coefficient (Wildman–Crippen LogP) is 2.89. The number of fused-ring (bicyclic) bond motifs is 5. The maximum Gasteiger partial charge on any atom is 0.343 e. The number of aliphatic hydroxyl groups is 1. The Kier molecular flexibility index (Phi) is 4.34. The number of ether oxygens (including phenoxy) is 1. The van der Waals surface area contributed by atoms with Gasteiger partial charge in [-0.15, -0.1) is 11.8 Å². The van der Waals surface area contributed by atoms with E-state index in [-0.39, 0.29) is 48.1 Å². The van der Waals surface area contributed by atoms with E-state index in [1.807, 2.05) is 6.92 Å². The maximum absolute atomic E-state index is 14.9. The summed E-state index contributed by atoms with van der Waals surface area (Å²) >= 11 is 1.55. The first-order valence-electron chi connectivity index (χ1n) is 11.0. The van der Waals surface area contributed by atoms with Crippen molar-refractivity contribution >= 4 is 28.6 Å². The summed E-state index contributed by atoms with van der Waals surface area (Å²) < 4.78 is 21.6. The minimum Gasteiger partial charge on any atom is -0.458 e. The number of nitrogens with zero attached hydrogens (tertiary/aromatic N) is 2. The van der Waals surface area contributed by atoms with Crippen molar-refractivity contribution in [2.24, 2.45) is 5.73 Å². The number of pyridine rings is 2. The zero-order valence-electron chi connectivity index (χ0n) is 18.2. The van der Waals surface area contributed by atoms with Crippen molar-refractivity contribution in [2.45, 2.75) is 56.4 Å². The Labute approximate surface area is 192 Å². The summed E-state index contributed by atoms with van der Waals surface area (Å²) in [7, 11) is 0. The number of hydrogen-bond donors (Lipinski definition) is 2. The van der Waals surface area contributed by atoms with Gasteiger partial charge in [0.1, 0.15) is 12.4 Å². The fourth-order valence-corrected chi connectivity index (χ4v) is 6.69. The molecule has 5 heterocycles. The number of benzene rings is 1. The Bertz CT molecular complexity index is 1470. The first-order chi connectivity index (χ1) is 15.8. The topological polar surface area (TPSA) is 107 Å². The predicted molar refractivity (Wildman–Crippen MR) is 122 cm³/mol. The summed E-state index contributed by atoms with van der Waals surface area (Å²) in [6, 6.07) is 2.83. The molecule has 3 N–H and O–H groups in total. The first kappa shape index (κ1) is 20.8. The van der Waals surface area contributed by atoms with Gasteiger partial charge in [-0.3, -0.25) is 4.79 Å². The molecular formula is C24H22FN3O4S. The van der Waals surface area contributed by atoms with Crippen LogP contribution < -0.4 is 11.3 Å². The Hall–Kier alpha value is -2.75. The van der Waals surface area contributed by atoms with Gasteiger partial charge >= 0.3 is 5.97 Å². The third-order valence-electron chi connectivity index (χ3n) is 7.15. The van der Waals surface area contributed by atoms with E-state index in [2.05, 4.69) is 0 Å². The fourth-order valence-electron chi connectivity index (χ4n) is 5.41. The van der Waals surface area contributed by atoms with Crippen LogP contribution in [0.1, 0.15) is 54.1 Å². The molecule has 3 aliphatic rings. The number of nitrogens with two attached hydrogens (primary N) is 1. The average Bonchev–Trinajstić information content (AvgIpc) is 3.17. The molecule has 7 nitrogen and oxygen atoms in total.